The van der Waals surface area contributed by atoms with Crippen molar-refractivity contribution in [2.24, 2.45) is 0 Å². The Labute approximate surface area is 172 Å². The Bertz CT molecular complexity index is 855. The number of rotatable bonds is 4. The summed E-state index contributed by atoms with van der Waals surface area (Å²) in [6.07, 6.45) is 6.71. The van der Waals surface area contributed by atoms with Crippen molar-refractivity contribution < 1.29 is 9.59 Å². The molecule has 5 nitrogen and oxygen atoms in total. The maximum absolute atomic E-state index is 12.7. The van der Waals surface area contributed by atoms with Crippen LogP contribution in [0.15, 0.2) is 48.5 Å². The number of nitrogens with one attached hydrogen (secondary N) is 1. The van der Waals surface area contributed by atoms with E-state index in [9.17, 15) is 9.59 Å². The number of carbonyl (C=O) groups is 2. The summed E-state index contributed by atoms with van der Waals surface area (Å²) >= 11 is 0. The van der Waals surface area contributed by atoms with E-state index in [1.54, 1.807) is 0 Å². The number of fused-ring (bicyclic) bond motifs is 1. The van der Waals surface area contributed by atoms with E-state index >= 15 is 0 Å². The van der Waals surface area contributed by atoms with Crippen molar-refractivity contribution in [1.82, 2.24) is 4.90 Å². The number of benzene rings is 2. The molecule has 2 aliphatic heterocycles. The van der Waals surface area contributed by atoms with Gasteiger partial charge in [0.25, 0.3) is 5.91 Å². The molecule has 0 atom stereocenters. The Balaban J connectivity index is 1.35. The second kappa shape index (κ2) is 9.12. The van der Waals surface area contributed by atoms with Gasteiger partial charge in [0.15, 0.2) is 0 Å². The van der Waals surface area contributed by atoms with Gasteiger partial charge >= 0.3 is 0 Å². The topological polar surface area (TPSA) is 52.7 Å². The Morgan fingerprint density at radius 3 is 2.31 bits per heavy atom. The summed E-state index contributed by atoms with van der Waals surface area (Å²) < 4.78 is 0. The first-order valence-electron chi connectivity index (χ1n) is 10.7. The molecule has 1 N–H and O–H groups in total. The summed E-state index contributed by atoms with van der Waals surface area (Å²) in [7, 11) is 0. The lowest BCUT2D eigenvalue weighted by Crippen LogP contribution is -2.36. The van der Waals surface area contributed by atoms with Crippen molar-refractivity contribution in [2.75, 3.05) is 36.4 Å². The van der Waals surface area contributed by atoms with E-state index in [4.69, 9.17) is 0 Å². The van der Waals surface area contributed by atoms with Crippen molar-refractivity contribution in [1.29, 1.82) is 0 Å². The van der Waals surface area contributed by atoms with Crippen molar-refractivity contribution >= 4 is 23.2 Å². The monoisotopic (exact) mass is 391 g/mol. The smallest absolute Gasteiger partial charge is 0.253 e. The lowest BCUT2D eigenvalue weighted by Gasteiger charge is -2.30. The highest BCUT2D eigenvalue weighted by Crippen LogP contribution is 2.26. The highest BCUT2D eigenvalue weighted by atomic mass is 16.2. The van der Waals surface area contributed by atoms with Gasteiger partial charge in [-0.3, -0.25) is 9.59 Å². The molecule has 0 unspecified atom stereocenters. The Morgan fingerprint density at radius 1 is 0.828 bits per heavy atom. The van der Waals surface area contributed by atoms with Crippen LogP contribution in [0.4, 0.5) is 11.4 Å². The van der Waals surface area contributed by atoms with E-state index in [1.165, 1.54) is 18.4 Å². The first kappa shape index (κ1) is 19.5. The Hall–Kier alpha value is -2.82. The normalized spacial score (nSPS) is 16.7. The van der Waals surface area contributed by atoms with Gasteiger partial charge in [0.2, 0.25) is 5.91 Å². The van der Waals surface area contributed by atoms with Gasteiger partial charge in [-0.25, -0.2) is 0 Å². The molecule has 0 aromatic heterocycles. The van der Waals surface area contributed by atoms with Crippen LogP contribution in [-0.2, 0) is 11.2 Å². The van der Waals surface area contributed by atoms with Crippen molar-refractivity contribution in [2.45, 2.75) is 38.5 Å². The molecule has 0 spiro atoms. The van der Waals surface area contributed by atoms with Crippen LogP contribution >= 0.6 is 0 Å². The standard InChI is InChI=1S/C24H29N3O2/c28-23(18-27-17-7-9-19-8-3-4-10-22(19)27)25-21-13-11-20(12-14-21)24(29)26-15-5-1-2-6-16-26/h3-4,8,10-14H,1-2,5-7,9,15-18H2,(H,25,28). The summed E-state index contributed by atoms with van der Waals surface area (Å²) in [5.41, 5.74) is 3.89. The van der Waals surface area contributed by atoms with Gasteiger partial charge < -0.3 is 15.1 Å². The van der Waals surface area contributed by atoms with E-state index in [0.29, 0.717) is 12.1 Å². The SMILES string of the molecule is O=C(CN1CCCc2ccccc21)Nc1ccc(C(=O)N2CCCCCC2)cc1. The summed E-state index contributed by atoms with van der Waals surface area (Å²) in [5.74, 6) is 0.0583. The molecule has 2 aromatic rings. The molecular weight excluding hydrogens is 362 g/mol. The van der Waals surface area contributed by atoms with Gasteiger partial charge in [-0.1, -0.05) is 31.0 Å². The largest absolute Gasteiger partial charge is 0.362 e. The highest BCUT2D eigenvalue weighted by molar-refractivity contribution is 5.97. The predicted molar refractivity (Wildman–Crippen MR) is 116 cm³/mol. The average molecular weight is 392 g/mol. The third kappa shape index (κ3) is 4.78. The summed E-state index contributed by atoms with van der Waals surface area (Å²) in [5, 5.41) is 2.97. The number of amides is 2. The third-order valence-electron chi connectivity index (χ3n) is 5.85. The molecule has 4 rings (SSSR count). The number of likely N-dealkylation sites (tertiary alicyclic amines) is 1. The van der Waals surface area contributed by atoms with Crippen molar-refractivity contribution in [3.8, 4) is 0 Å². The molecule has 0 aliphatic carbocycles. The van der Waals surface area contributed by atoms with E-state index < -0.39 is 0 Å². The van der Waals surface area contributed by atoms with Crippen molar-refractivity contribution in [3.63, 3.8) is 0 Å². The first-order valence-corrected chi connectivity index (χ1v) is 10.7. The fourth-order valence-corrected chi connectivity index (χ4v) is 4.30. The molecule has 5 heteroatoms. The van der Waals surface area contributed by atoms with Gasteiger partial charge in [0, 0.05) is 36.6 Å². The molecular formula is C24H29N3O2. The Morgan fingerprint density at radius 2 is 1.55 bits per heavy atom. The third-order valence-corrected chi connectivity index (χ3v) is 5.85. The highest BCUT2D eigenvalue weighted by Gasteiger charge is 2.19. The maximum atomic E-state index is 12.7. The number of carbonyl (C=O) groups excluding carboxylic acids is 2. The van der Waals surface area contributed by atoms with Crippen LogP contribution in [0.3, 0.4) is 0 Å². The fraction of sp³-hybridized carbons (Fsp3) is 0.417. The number of anilines is 2. The number of aryl methyl sites for hydroxylation is 1. The van der Waals surface area contributed by atoms with Crippen LogP contribution in [0.5, 0.6) is 0 Å². The molecule has 2 amide bonds. The minimum Gasteiger partial charge on any atom is -0.362 e. The fourth-order valence-electron chi connectivity index (χ4n) is 4.30. The van der Waals surface area contributed by atoms with Gasteiger partial charge in [0.1, 0.15) is 0 Å². The minimum atomic E-state index is -0.0340. The van der Waals surface area contributed by atoms with E-state index in [1.807, 2.05) is 35.2 Å². The van der Waals surface area contributed by atoms with Crippen LogP contribution in [-0.4, -0.2) is 42.9 Å². The lowest BCUT2D eigenvalue weighted by molar-refractivity contribution is -0.115. The molecule has 0 saturated carbocycles. The number of para-hydroxylation sites is 1. The second-order valence-electron chi connectivity index (χ2n) is 7.99. The van der Waals surface area contributed by atoms with Gasteiger partial charge in [-0.05, 0) is 61.6 Å². The molecule has 152 valence electrons. The zero-order valence-corrected chi connectivity index (χ0v) is 16.9. The van der Waals surface area contributed by atoms with Gasteiger partial charge in [-0.15, -0.1) is 0 Å². The quantitative estimate of drug-likeness (QED) is 0.854. The number of hydrogen-bond donors (Lipinski definition) is 1. The molecule has 2 aliphatic rings. The van der Waals surface area contributed by atoms with Crippen LogP contribution < -0.4 is 10.2 Å². The molecule has 1 saturated heterocycles. The van der Waals surface area contributed by atoms with Crippen LogP contribution in [0, 0.1) is 0 Å². The van der Waals surface area contributed by atoms with Crippen molar-refractivity contribution in [3.05, 3.63) is 59.7 Å². The van der Waals surface area contributed by atoms with Crippen LogP contribution in [0.2, 0.25) is 0 Å². The van der Waals surface area contributed by atoms with Gasteiger partial charge in [-0.2, -0.15) is 0 Å². The van der Waals surface area contributed by atoms with Crippen LogP contribution in [0.1, 0.15) is 48.0 Å². The van der Waals surface area contributed by atoms with Crippen LogP contribution in [0.25, 0.3) is 0 Å². The Kier molecular flexibility index (Phi) is 6.13. The first-order chi connectivity index (χ1) is 14.2. The zero-order valence-electron chi connectivity index (χ0n) is 16.9. The maximum Gasteiger partial charge on any atom is 0.253 e. The van der Waals surface area contributed by atoms with E-state index in [2.05, 4.69) is 28.4 Å². The predicted octanol–water partition coefficient (Wildman–Crippen LogP) is 4.09. The average Bonchev–Trinajstić information content (AvgIpc) is 3.04. The lowest BCUT2D eigenvalue weighted by atomic mass is 10.0. The molecule has 1 fully saturated rings. The second-order valence-corrected chi connectivity index (χ2v) is 7.99. The summed E-state index contributed by atoms with van der Waals surface area (Å²) in [4.78, 5) is 29.4. The minimum absolute atomic E-state index is 0.0340. The molecule has 2 heterocycles. The molecule has 0 bridgehead atoms. The van der Waals surface area contributed by atoms with Gasteiger partial charge in [0.05, 0.1) is 6.54 Å². The molecule has 29 heavy (non-hydrogen) atoms. The van der Waals surface area contributed by atoms with E-state index in [0.717, 1.165) is 56.7 Å². The number of nitrogens with zero attached hydrogens (tertiary/aromatic N) is 2. The number of hydrogen-bond acceptors (Lipinski definition) is 3. The molecule has 2 aromatic carbocycles. The molecule has 0 radical (unpaired) electrons. The summed E-state index contributed by atoms with van der Waals surface area (Å²) in [6, 6.07) is 15.6. The zero-order chi connectivity index (χ0) is 20.1. The summed E-state index contributed by atoms with van der Waals surface area (Å²) in [6.45, 7) is 2.92. The van der Waals surface area contributed by atoms with E-state index in [-0.39, 0.29) is 11.8 Å².